The Balaban J connectivity index is 1.84. The van der Waals surface area contributed by atoms with Crippen molar-refractivity contribution in [1.82, 2.24) is 4.57 Å². The fourth-order valence-corrected chi connectivity index (χ4v) is 1.74. The molecule has 2 aromatic rings. The lowest BCUT2D eigenvalue weighted by Crippen LogP contribution is -2.25. The standard InChI is InChI=1S/C15H14FNO3/c16-13-6-7-14(18)17(10-13)11-15(19)20-9-8-12-4-2-1-3-5-12/h1-7,10H,8-9,11H2. The number of carbonyl (C=O) groups is 1. The summed E-state index contributed by atoms with van der Waals surface area (Å²) in [6, 6.07) is 11.7. The quantitative estimate of drug-likeness (QED) is 0.781. The molecule has 0 aliphatic heterocycles. The first kappa shape index (κ1) is 14.0. The van der Waals surface area contributed by atoms with E-state index in [1.54, 1.807) is 0 Å². The number of pyridine rings is 1. The van der Waals surface area contributed by atoms with E-state index in [0.29, 0.717) is 6.42 Å². The summed E-state index contributed by atoms with van der Waals surface area (Å²) in [7, 11) is 0. The van der Waals surface area contributed by atoms with Crippen LogP contribution in [0.1, 0.15) is 5.56 Å². The van der Waals surface area contributed by atoms with E-state index < -0.39 is 17.3 Å². The first-order chi connectivity index (χ1) is 9.65. The molecule has 0 spiro atoms. The minimum absolute atomic E-state index is 0.229. The van der Waals surface area contributed by atoms with E-state index in [9.17, 15) is 14.0 Å². The lowest BCUT2D eigenvalue weighted by atomic mass is 10.2. The molecule has 0 radical (unpaired) electrons. The summed E-state index contributed by atoms with van der Waals surface area (Å²) < 4.78 is 19.0. The molecule has 2 rings (SSSR count). The molecule has 1 aromatic heterocycles. The maximum absolute atomic E-state index is 13.0. The van der Waals surface area contributed by atoms with Crippen LogP contribution in [0.5, 0.6) is 0 Å². The van der Waals surface area contributed by atoms with Crippen LogP contribution in [0.3, 0.4) is 0 Å². The SMILES string of the molecule is O=C(Cn1cc(F)ccc1=O)OCCc1ccccc1. The molecule has 1 heterocycles. The Hall–Kier alpha value is -2.43. The minimum Gasteiger partial charge on any atom is -0.464 e. The van der Waals surface area contributed by atoms with Crippen LogP contribution >= 0.6 is 0 Å². The number of esters is 1. The van der Waals surface area contributed by atoms with Crippen molar-refractivity contribution in [3.63, 3.8) is 0 Å². The molecule has 0 atom stereocenters. The molecule has 104 valence electrons. The van der Waals surface area contributed by atoms with Gasteiger partial charge in [-0.05, 0) is 11.6 Å². The van der Waals surface area contributed by atoms with Gasteiger partial charge in [0.05, 0.1) is 6.61 Å². The van der Waals surface area contributed by atoms with Crippen LogP contribution in [0, 0.1) is 5.82 Å². The fraction of sp³-hybridized carbons (Fsp3) is 0.200. The third-order valence-electron chi connectivity index (χ3n) is 2.74. The van der Waals surface area contributed by atoms with Crippen molar-refractivity contribution in [2.24, 2.45) is 0 Å². The summed E-state index contributed by atoms with van der Waals surface area (Å²) in [5.74, 6) is -1.13. The molecular weight excluding hydrogens is 261 g/mol. The molecule has 0 N–H and O–H groups in total. The van der Waals surface area contributed by atoms with Crippen molar-refractivity contribution < 1.29 is 13.9 Å². The summed E-state index contributed by atoms with van der Waals surface area (Å²) >= 11 is 0. The predicted molar refractivity (Wildman–Crippen MR) is 71.8 cm³/mol. The predicted octanol–water partition coefficient (Wildman–Crippen LogP) is 1.77. The fourth-order valence-electron chi connectivity index (χ4n) is 1.74. The normalized spacial score (nSPS) is 10.2. The molecule has 20 heavy (non-hydrogen) atoms. The second-order valence-electron chi connectivity index (χ2n) is 4.27. The van der Waals surface area contributed by atoms with E-state index in [1.165, 1.54) is 0 Å². The van der Waals surface area contributed by atoms with Gasteiger partial charge in [-0.25, -0.2) is 4.39 Å². The van der Waals surface area contributed by atoms with Crippen molar-refractivity contribution in [1.29, 1.82) is 0 Å². The molecule has 0 fully saturated rings. The summed E-state index contributed by atoms with van der Waals surface area (Å²) in [5.41, 5.74) is 0.620. The zero-order valence-corrected chi connectivity index (χ0v) is 10.8. The maximum Gasteiger partial charge on any atom is 0.326 e. The first-order valence-corrected chi connectivity index (χ1v) is 6.21. The number of ether oxygens (including phenoxy) is 1. The number of rotatable bonds is 5. The van der Waals surface area contributed by atoms with Crippen molar-refractivity contribution in [3.05, 3.63) is 70.4 Å². The molecule has 0 aliphatic carbocycles. The van der Waals surface area contributed by atoms with Gasteiger partial charge < -0.3 is 9.30 Å². The van der Waals surface area contributed by atoms with Gasteiger partial charge in [0.2, 0.25) is 0 Å². The van der Waals surface area contributed by atoms with Gasteiger partial charge in [0.25, 0.3) is 5.56 Å². The van der Waals surface area contributed by atoms with Gasteiger partial charge in [-0.2, -0.15) is 0 Å². The lowest BCUT2D eigenvalue weighted by Gasteiger charge is -2.07. The van der Waals surface area contributed by atoms with E-state index in [-0.39, 0.29) is 13.2 Å². The molecule has 0 bridgehead atoms. The first-order valence-electron chi connectivity index (χ1n) is 6.21. The number of nitrogens with zero attached hydrogens (tertiary/aromatic N) is 1. The minimum atomic E-state index is -0.568. The molecule has 0 saturated carbocycles. The molecular formula is C15H14FNO3. The number of hydrogen-bond acceptors (Lipinski definition) is 3. The third kappa shape index (κ3) is 4.05. The van der Waals surface area contributed by atoms with Crippen molar-refractivity contribution in [2.45, 2.75) is 13.0 Å². The monoisotopic (exact) mass is 275 g/mol. The summed E-state index contributed by atoms with van der Waals surface area (Å²) in [6.07, 6.45) is 1.59. The van der Waals surface area contributed by atoms with Crippen molar-refractivity contribution in [2.75, 3.05) is 6.61 Å². The van der Waals surface area contributed by atoms with Crippen LogP contribution < -0.4 is 5.56 Å². The van der Waals surface area contributed by atoms with E-state index in [0.717, 1.165) is 28.5 Å². The Labute approximate surface area is 115 Å². The number of aromatic nitrogens is 1. The summed E-state index contributed by atoms with van der Waals surface area (Å²) in [5, 5.41) is 0. The van der Waals surface area contributed by atoms with Gasteiger partial charge in [-0.15, -0.1) is 0 Å². The smallest absolute Gasteiger partial charge is 0.326 e. The zero-order chi connectivity index (χ0) is 14.4. The molecule has 0 aliphatic rings. The average Bonchev–Trinajstić information content (AvgIpc) is 2.44. The topological polar surface area (TPSA) is 48.3 Å². The Morgan fingerprint density at radius 2 is 1.90 bits per heavy atom. The molecule has 0 amide bonds. The van der Waals surface area contributed by atoms with Gasteiger partial charge in [0.15, 0.2) is 0 Å². The highest BCUT2D eigenvalue weighted by Crippen LogP contribution is 2.00. The van der Waals surface area contributed by atoms with E-state index >= 15 is 0 Å². The van der Waals surface area contributed by atoms with E-state index in [1.807, 2.05) is 30.3 Å². The van der Waals surface area contributed by atoms with Crippen molar-refractivity contribution >= 4 is 5.97 Å². The molecule has 0 saturated heterocycles. The van der Waals surface area contributed by atoms with Crippen LogP contribution in [0.15, 0.2) is 53.5 Å². The number of carbonyl (C=O) groups excluding carboxylic acids is 1. The third-order valence-corrected chi connectivity index (χ3v) is 2.74. The molecule has 1 aromatic carbocycles. The molecule has 0 unspecified atom stereocenters. The van der Waals surface area contributed by atoms with Gasteiger partial charge in [-0.1, -0.05) is 30.3 Å². The molecule has 5 heteroatoms. The molecule has 4 nitrogen and oxygen atoms in total. The van der Waals surface area contributed by atoms with E-state index in [2.05, 4.69) is 0 Å². The van der Waals surface area contributed by atoms with Crippen LogP contribution in [-0.4, -0.2) is 17.1 Å². The highest BCUT2D eigenvalue weighted by Gasteiger charge is 2.06. The lowest BCUT2D eigenvalue weighted by molar-refractivity contribution is -0.144. The van der Waals surface area contributed by atoms with Crippen LogP contribution in [0.25, 0.3) is 0 Å². The zero-order valence-electron chi connectivity index (χ0n) is 10.8. The van der Waals surface area contributed by atoms with Crippen LogP contribution in [0.2, 0.25) is 0 Å². The highest BCUT2D eigenvalue weighted by atomic mass is 19.1. The highest BCUT2D eigenvalue weighted by molar-refractivity contribution is 5.69. The van der Waals surface area contributed by atoms with Crippen LogP contribution in [-0.2, 0) is 22.5 Å². The van der Waals surface area contributed by atoms with E-state index in [4.69, 9.17) is 4.74 Å². The largest absolute Gasteiger partial charge is 0.464 e. The Kier molecular flexibility index (Phi) is 4.65. The van der Waals surface area contributed by atoms with Gasteiger partial charge in [0, 0.05) is 18.7 Å². The van der Waals surface area contributed by atoms with Crippen molar-refractivity contribution in [3.8, 4) is 0 Å². The Morgan fingerprint density at radius 3 is 2.65 bits per heavy atom. The summed E-state index contributed by atoms with van der Waals surface area (Å²) in [4.78, 5) is 23.0. The van der Waals surface area contributed by atoms with Gasteiger partial charge in [-0.3, -0.25) is 9.59 Å². The van der Waals surface area contributed by atoms with Gasteiger partial charge in [0.1, 0.15) is 12.4 Å². The summed E-state index contributed by atoms with van der Waals surface area (Å²) in [6.45, 7) is -0.0572. The average molecular weight is 275 g/mol. The second-order valence-corrected chi connectivity index (χ2v) is 4.27. The Bertz CT molecular complexity index is 637. The van der Waals surface area contributed by atoms with Gasteiger partial charge >= 0.3 is 5.97 Å². The number of hydrogen-bond donors (Lipinski definition) is 0. The second kappa shape index (κ2) is 6.65. The Morgan fingerprint density at radius 1 is 1.15 bits per heavy atom. The van der Waals surface area contributed by atoms with Crippen LogP contribution in [0.4, 0.5) is 4.39 Å². The number of benzene rings is 1. The number of halogens is 1. The maximum atomic E-state index is 13.0.